The third kappa shape index (κ3) is 5.91. The lowest BCUT2D eigenvalue weighted by molar-refractivity contribution is 0.403. The highest BCUT2D eigenvalue weighted by atomic mass is 31.1. The van der Waals surface area contributed by atoms with Gasteiger partial charge < -0.3 is 0 Å². The molecule has 1 heteroatoms. The molecule has 0 amide bonds. The van der Waals surface area contributed by atoms with Crippen LogP contribution in [-0.4, -0.2) is 18.5 Å². The highest BCUT2D eigenvalue weighted by molar-refractivity contribution is 7.57. The average Bonchev–Trinajstić information content (AvgIpc) is 2.17. The zero-order valence-electron chi connectivity index (χ0n) is 11.8. The Morgan fingerprint density at radius 1 is 1.13 bits per heavy atom. The van der Waals surface area contributed by atoms with Gasteiger partial charge in [-0.25, -0.2) is 0 Å². The Hall–Kier alpha value is 0.430. The van der Waals surface area contributed by atoms with Crippen molar-refractivity contribution in [3.63, 3.8) is 0 Å². The summed E-state index contributed by atoms with van der Waals surface area (Å²) in [4.78, 5) is 0. The molecule has 2 unspecified atom stereocenters. The van der Waals surface area contributed by atoms with Crippen LogP contribution >= 0.6 is 7.92 Å². The molecule has 0 fully saturated rings. The molecule has 0 aromatic rings. The lowest BCUT2D eigenvalue weighted by Crippen LogP contribution is -2.24. The smallest absolute Gasteiger partial charge is 0.0125 e. The van der Waals surface area contributed by atoms with Crippen LogP contribution in [0.5, 0.6) is 0 Å². The molecular weight excluding hydrogens is 199 g/mol. The van der Waals surface area contributed by atoms with Crippen LogP contribution in [-0.2, 0) is 0 Å². The first kappa shape index (κ1) is 15.4. The van der Waals surface area contributed by atoms with E-state index in [2.05, 4.69) is 41.0 Å². The molecule has 0 N–H and O–H groups in total. The summed E-state index contributed by atoms with van der Waals surface area (Å²) < 4.78 is 0. The van der Waals surface area contributed by atoms with Gasteiger partial charge in [0.15, 0.2) is 0 Å². The first-order valence-electron chi connectivity index (χ1n) is 6.63. The highest BCUT2D eigenvalue weighted by Crippen LogP contribution is 2.50. The summed E-state index contributed by atoms with van der Waals surface area (Å²) in [6, 6.07) is 0. The van der Waals surface area contributed by atoms with Crippen molar-refractivity contribution in [1.29, 1.82) is 0 Å². The maximum Gasteiger partial charge on any atom is -0.0125 e. The summed E-state index contributed by atoms with van der Waals surface area (Å²) in [5.74, 6) is 0.904. The van der Waals surface area contributed by atoms with Crippen molar-refractivity contribution < 1.29 is 0 Å². The minimum atomic E-state index is 0.199. The summed E-state index contributed by atoms with van der Waals surface area (Å²) in [6.45, 7) is 14.5. The Balaban J connectivity index is 4.19. The van der Waals surface area contributed by atoms with Crippen molar-refractivity contribution >= 4 is 7.92 Å². The molecule has 0 heterocycles. The summed E-state index contributed by atoms with van der Waals surface area (Å²) in [7, 11) is 0.199. The molecule has 0 spiro atoms. The van der Waals surface area contributed by atoms with E-state index in [1.54, 1.807) is 0 Å². The van der Waals surface area contributed by atoms with Crippen molar-refractivity contribution in [3.8, 4) is 0 Å². The van der Waals surface area contributed by atoms with Gasteiger partial charge in [-0.1, -0.05) is 53.4 Å². The van der Waals surface area contributed by atoms with E-state index in [1.807, 2.05) is 0 Å². The van der Waals surface area contributed by atoms with Gasteiger partial charge in [0, 0.05) is 0 Å². The van der Waals surface area contributed by atoms with Gasteiger partial charge in [-0.05, 0) is 37.2 Å². The second-order valence-electron chi connectivity index (χ2n) is 5.57. The minimum absolute atomic E-state index is 0.199. The molecule has 0 aromatic heterocycles. The van der Waals surface area contributed by atoms with Crippen LogP contribution in [0.3, 0.4) is 0 Å². The van der Waals surface area contributed by atoms with Crippen molar-refractivity contribution in [3.05, 3.63) is 0 Å². The van der Waals surface area contributed by atoms with Crippen LogP contribution in [0, 0.1) is 5.92 Å². The number of hydrogen-bond donors (Lipinski definition) is 0. The molecule has 0 aliphatic rings. The second kappa shape index (κ2) is 7.66. The molecule has 15 heavy (non-hydrogen) atoms. The molecule has 2 atom stereocenters. The molecule has 0 radical (unpaired) electrons. The zero-order valence-corrected chi connectivity index (χ0v) is 12.7. The minimum Gasteiger partial charge on any atom is -0.107 e. The zero-order chi connectivity index (χ0) is 11.9. The van der Waals surface area contributed by atoms with Crippen molar-refractivity contribution in [2.24, 2.45) is 5.92 Å². The molecule has 0 bridgehead atoms. The van der Waals surface area contributed by atoms with Gasteiger partial charge in [0.1, 0.15) is 0 Å². The van der Waals surface area contributed by atoms with E-state index in [0.717, 1.165) is 5.92 Å². The van der Waals surface area contributed by atoms with E-state index in [1.165, 1.54) is 38.5 Å². The molecule has 0 saturated heterocycles. The Labute approximate surface area is 99.0 Å². The normalized spacial score (nSPS) is 17.8. The van der Waals surface area contributed by atoms with Crippen molar-refractivity contribution in [2.45, 2.75) is 71.4 Å². The molecule has 92 valence electrons. The topological polar surface area (TPSA) is 0 Å². The monoisotopic (exact) mass is 230 g/mol. The maximum atomic E-state index is 2.53. The molecule has 0 aliphatic carbocycles. The largest absolute Gasteiger partial charge is 0.107 e. The second-order valence-corrected chi connectivity index (χ2v) is 8.43. The van der Waals surface area contributed by atoms with Crippen LogP contribution in [0.15, 0.2) is 0 Å². The van der Waals surface area contributed by atoms with E-state index in [9.17, 15) is 0 Å². The van der Waals surface area contributed by atoms with Gasteiger partial charge in [-0.3, -0.25) is 0 Å². The lowest BCUT2D eigenvalue weighted by atomic mass is 9.90. The van der Waals surface area contributed by atoms with E-state index >= 15 is 0 Å². The van der Waals surface area contributed by atoms with Crippen LogP contribution in [0.4, 0.5) is 0 Å². The van der Waals surface area contributed by atoms with E-state index < -0.39 is 0 Å². The molecule has 0 rings (SSSR count). The third-order valence-corrected chi connectivity index (χ3v) is 6.45. The fourth-order valence-corrected chi connectivity index (χ4v) is 3.44. The Morgan fingerprint density at radius 2 is 1.73 bits per heavy atom. The van der Waals surface area contributed by atoms with Gasteiger partial charge in [-0.15, -0.1) is 7.92 Å². The highest BCUT2D eigenvalue weighted by Gasteiger charge is 2.28. The predicted molar refractivity (Wildman–Crippen MR) is 75.4 cm³/mol. The fourth-order valence-electron chi connectivity index (χ4n) is 2.16. The van der Waals surface area contributed by atoms with E-state index in [-0.39, 0.29) is 7.92 Å². The van der Waals surface area contributed by atoms with Crippen LogP contribution < -0.4 is 0 Å². The third-order valence-electron chi connectivity index (χ3n) is 3.88. The summed E-state index contributed by atoms with van der Waals surface area (Å²) in [5.41, 5.74) is 0. The molecule has 0 saturated carbocycles. The Bertz CT molecular complexity index is 153. The lowest BCUT2D eigenvalue weighted by Gasteiger charge is -2.36. The van der Waals surface area contributed by atoms with Gasteiger partial charge in [0.25, 0.3) is 0 Å². The number of hydrogen-bond acceptors (Lipinski definition) is 0. The van der Waals surface area contributed by atoms with Crippen LogP contribution in [0.2, 0.25) is 0 Å². The number of unbranched alkanes of at least 4 members (excludes halogenated alkanes) is 2. The summed E-state index contributed by atoms with van der Waals surface area (Å²) in [6.07, 6.45) is 8.43. The number of rotatable bonds is 8. The average molecular weight is 230 g/mol. The van der Waals surface area contributed by atoms with Crippen molar-refractivity contribution in [1.82, 2.24) is 0 Å². The predicted octanol–water partition coefficient (Wildman–Crippen LogP) is 5.50. The van der Waals surface area contributed by atoms with E-state index in [4.69, 9.17) is 0 Å². The maximum absolute atomic E-state index is 2.53. The molecular formula is C14H31P. The van der Waals surface area contributed by atoms with Crippen LogP contribution in [0.25, 0.3) is 0 Å². The molecule has 0 aromatic carbocycles. The molecule has 0 aliphatic heterocycles. The Kier molecular flexibility index (Phi) is 7.88. The first-order valence-corrected chi connectivity index (χ1v) is 8.87. The van der Waals surface area contributed by atoms with Gasteiger partial charge in [0.05, 0.1) is 0 Å². The van der Waals surface area contributed by atoms with Gasteiger partial charge in [-0.2, -0.15) is 0 Å². The standard InChI is InChI=1S/C14H31P/c1-7-9-10-11-14(4,15(5)6)12-13(3)8-2/h13H,7-12H2,1-6H3. The van der Waals surface area contributed by atoms with E-state index in [0.29, 0.717) is 5.16 Å². The molecule has 0 nitrogen and oxygen atoms in total. The first-order chi connectivity index (χ1) is 6.96. The SMILES string of the molecule is CCCCCC(C)(CC(C)CC)P(C)C. The van der Waals surface area contributed by atoms with Crippen LogP contribution in [0.1, 0.15) is 66.2 Å². The van der Waals surface area contributed by atoms with Crippen molar-refractivity contribution in [2.75, 3.05) is 13.3 Å². The summed E-state index contributed by atoms with van der Waals surface area (Å²) >= 11 is 0. The van der Waals surface area contributed by atoms with Gasteiger partial charge >= 0.3 is 0 Å². The quantitative estimate of drug-likeness (QED) is 0.381. The Morgan fingerprint density at radius 3 is 2.13 bits per heavy atom. The van der Waals surface area contributed by atoms with Gasteiger partial charge in [0.2, 0.25) is 0 Å². The summed E-state index contributed by atoms with van der Waals surface area (Å²) in [5, 5.41) is 0.639. The fraction of sp³-hybridized carbons (Fsp3) is 1.00.